The maximum atomic E-state index is 12.6. The van der Waals surface area contributed by atoms with Gasteiger partial charge in [0.2, 0.25) is 0 Å². The number of hydrogen-bond donors (Lipinski definition) is 1. The minimum absolute atomic E-state index is 0.352. The van der Waals surface area contributed by atoms with Crippen molar-refractivity contribution in [1.29, 1.82) is 0 Å². The number of anilines is 1. The highest BCUT2D eigenvalue weighted by molar-refractivity contribution is 7.13. The van der Waals surface area contributed by atoms with Gasteiger partial charge in [-0.15, -0.1) is 11.3 Å². The van der Waals surface area contributed by atoms with Gasteiger partial charge in [0.1, 0.15) is 5.82 Å². The summed E-state index contributed by atoms with van der Waals surface area (Å²) in [5, 5.41) is 3.18. The van der Waals surface area contributed by atoms with Crippen molar-refractivity contribution in [2.75, 3.05) is 31.1 Å². The zero-order valence-electron chi connectivity index (χ0n) is 18.6. The fourth-order valence-corrected chi connectivity index (χ4v) is 5.07. The van der Waals surface area contributed by atoms with E-state index in [0.29, 0.717) is 30.8 Å². The Morgan fingerprint density at radius 1 is 1.10 bits per heavy atom. The minimum Gasteiger partial charge on any atom is -0.347 e. The molecule has 1 aliphatic rings. The molecule has 3 aromatic rings. The number of aromatic amines is 1. The average Bonchev–Trinajstić information content (AvgIpc) is 3.25. The number of rotatable bonds is 7. The van der Waals surface area contributed by atoms with E-state index in [-0.39, 0.29) is 11.2 Å². The number of fused-ring (bicyclic) bond motifs is 1. The van der Waals surface area contributed by atoms with Crippen molar-refractivity contribution in [3.63, 3.8) is 0 Å². The van der Waals surface area contributed by atoms with Crippen molar-refractivity contribution in [3.05, 3.63) is 37.7 Å². The molecule has 0 spiro atoms. The quantitative estimate of drug-likeness (QED) is 0.599. The molecule has 4 heterocycles. The summed E-state index contributed by atoms with van der Waals surface area (Å²) in [6.07, 6.45) is 2.89. The Hall–Kier alpha value is -2.46. The highest BCUT2D eigenvalue weighted by Crippen LogP contribution is 2.22. The molecule has 0 bridgehead atoms. The number of thiazole rings is 1. The first kappa shape index (κ1) is 21.8. The van der Waals surface area contributed by atoms with Crippen LogP contribution in [0.3, 0.4) is 0 Å². The smallest absolute Gasteiger partial charge is 0.330 e. The lowest BCUT2D eigenvalue weighted by Crippen LogP contribution is -2.31. The number of H-pyrrole nitrogens is 1. The molecule has 4 rings (SSSR count). The van der Waals surface area contributed by atoms with Crippen LogP contribution in [-0.4, -0.2) is 55.2 Å². The zero-order chi connectivity index (χ0) is 22.0. The molecule has 0 amide bonds. The van der Waals surface area contributed by atoms with Gasteiger partial charge in [-0.05, 0) is 26.7 Å². The van der Waals surface area contributed by atoms with Crippen LogP contribution in [0, 0.1) is 6.92 Å². The Bertz CT molecular complexity index is 1160. The topological polar surface area (TPSA) is 92.0 Å². The molecule has 0 radical (unpaired) electrons. The molecule has 0 aliphatic carbocycles. The predicted molar refractivity (Wildman–Crippen MR) is 124 cm³/mol. The van der Waals surface area contributed by atoms with Crippen molar-refractivity contribution in [2.45, 2.75) is 59.7 Å². The summed E-state index contributed by atoms with van der Waals surface area (Å²) in [4.78, 5) is 41.7. The first-order valence-electron chi connectivity index (χ1n) is 11.1. The molecule has 31 heavy (non-hydrogen) atoms. The van der Waals surface area contributed by atoms with Gasteiger partial charge in [0.25, 0.3) is 5.56 Å². The second-order valence-electron chi connectivity index (χ2n) is 8.10. The fourth-order valence-electron chi connectivity index (χ4n) is 4.21. The van der Waals surface area contributed by atoms with E-state index in [0.717, 1.165) is 62.1 Å². The Kier molecular flexibility index (Phi) is 6.57. The summed E-state index contributed by atoms with van der Waals surface area (Å²) in [7, 11) is 0. The molecule has 1 saturated heterocycles. The summed E-state index contributed by atoms with van der Waals surface area (Å²) >= 11 is 1.70. The Balaban J connectivity index is 1.60. The maximum Gasteiger partial charge on any atom is 0.330 e. The van der Waals surface area contributed by atoms with Gasteiger partial charge in [-0.3, -0.25) is 19.2 Å². The van der Waals surface area contributed by atoms with Gasteiger partial charge in [0.05, 0.1) is 12.2 Å². The molecule has 1 fully saturated rings. The van der Waals surface area contributed by atoms with Crippen LogP contribution in [0.2, 0.25) is 0 Å². The molecule has 0 atom stereocenters. The number of hydrogen-bond acceptors (Lipinski definition) is 7. The fraction of sp³-hybridized carbons (Fsp3) is 0.619. The van der Waals surface area contributed by atoms with Gasteiger partial charge in [0.15, 0.2) is 16.3 Å². The lowest BCUT2D eigenvalue weighted by molar-refractivity contribution is 0.274. The van der Waals surface area contributed by atoms with E-state index in [2.05, 4.69) is 32.1 Å². The first-order chi connectivity index (χ1) is 15.0. The Morgan fingerprint density at radius 2 is 1.94 bits per heavy atom. The Labute approximate surface area is 185 Å². The lowest BCUT2D eigenvalue weighted by atomic mass is 10.3. The van der Waals surface area contributed by atoms with E-state index >= 15 is 0 Å². The van der Waals surface area contributed by atoms with Crippen molar-refractivity contribution in [3.8, 4) is 0 Å². The predicted octanol–water partition coefficient (Wildman–Crippen LogP) is 2.18. The molecule has 168 valence electrons. The first-order valence-corrected chi connectivity index (χ1v) is 12.0. The van der Waals surface area contributed by atoms with Gasteiger partial charge < -0.3 is 9.47 Å². The van der Waals surface area contributed by atoms with E-state index < -0.39 is 0 Å². The lowest BCUT2D eigenvalue weighted by Gasteiger charge is -2.21. The van der Waals surface area contributed by atoms with Crippen LogP contribution in [0.5, 0.6) is 0 Å². The summed E-state index contributed by atoms with van der Waals surface area (Å²) in [5.74, 6) is 0.845. The number of unbranched alkanes of at least 4 members (excludes halogenated alkanes) is 1. The third-order valence-electron chi connectivity index (χ3n) is 5.85. The molecule has 3 aromatic heterocycles. The van der Waals surface area contributed by atoms with Crippen molar-refractivity contribution in [2.24, 2.45) is 0 Å². The molecule has 9 nitrogen and oxygen atoms in total. The molecule has 0 saturated carbocycles. The number of nitrogens with one attached hydrogen (secondary N) is 1. The molecule has 1 N–H and O–H groups in total. The number of nitrogens with zero attached hydrogens (tertiary/aromatic N) is 6. The van der Waals surface area contributed by atoms with Gasteiger partial charge in [-0.25, -0.2) is 14.8 Å². The van der Waals surface area contributed by atoms with E-state index in [1.54, 1.807) is 15.9 Å². The standard InChI is InChI=1S/C21H31N7O2S/c1-4-6-10-28-18-17(19(29)24-20(28)30)27(5-2)16(23-18)13-25-8-7-9-26(12-11-25)21-22-15(3)14-31-21/h14H,4-13H2,1-3H3,(H,24,29,30). The van der Waals surface area contributed by atoms with Crippen LogP contribution in [0.25, 0.3) is 11.2 Å². The summed E-state index contributed by atoms with van der Waals surface area (Å²) in [5.41, 5.74) is 1.35. The molecule has 0 unspecified atom stereocenters. The third-order valence-corrected chi connectivity index (χ3v) is 6.87. The SMILES string of the molecule is CCCCn1c(=O)[nH]c(=O)c2c1nc(CN1CCCN(c3nc(C)cs3)CC1)n2CC. The van der Waals surface area contributed by atoms with Crippen LogP contribution in [0.1, 0.15) is 44.6 Å². The minimum atomic E-state index is -0.373. The number of imidazole rings is 1. The van der Waals surface area contributed by atoms with Crippen LogP contribution in [-0.2, 0) is 19.6 Å². The van der Waals surface area contributed by atoms with Gasteiger partial charge in [-0.1, -0.05) is 13.3 Å². The monoisotopic (exact) mass is 445 g/mol. The Morgan fingerprint density at radius 3 is 2.65 bits per heavy atom. The second kappa shape index (κ2) is 9.35. The highest BCUT2D eigenvalue weighted by atomic mass is 32.1. The summed E-state index contributed by atoms with van der Waals surface area (Å²) in [6, 6.07) is 0. The number of aryl methyl sites for hydroxylation is 3. The normalized spacial score (nSPS) is 15.6. The van der Waals surface area contributed by atoms with E-state index in [1.807, 2.05) is 18.4 Å². The van der Waals surface area contributed by atoms with E-state index in [1.165, 1.54) is 0 Å². The van der Waals surface area contributed by atoms with E-state index in [4.69, 9.17) is 4.98 Å². The molecular formula is C21H31N7O2S. The van der Waals surface area contributed by atoms with Crippen molar-refractivity contribution < 1.29 is 0 Å². The third kappa shape index (κ3) is 4.45. The molecular weight excluding hydrogens is 414 g/mol. The molecule has 10 heteroatoms. The molecule has 1 aliphatic heterocycles. The largest absolute Gasteiger partial charge is 0.347 e. The van der Waals surface area contributed by atoms with Crippen LogP contribution < -0.4 is 16.1 Å². The summed E-state index contributed by atoms with van der Waals surface area (Å²) < 4.78 is 3.58. The van der Waals surface area contributed by atoms with Crippen LogP contribution in [0.4, 0.5) is 5.13 Å². The summed E-state index contributed by atoms with van der Waals surface area (Å²) in [6.45, 7) is 11.8. The maximum absolute atomic E-state index is 12.6. The zero-order valence-corrected chi connectivity index (χ0v) is 19.4. The van der Waals surface area contributed by atoms with E-state index in [9.17, 15) is 9.59 Å². The van der Waals surface area contributed by atoms with Crippen molar-refractivity contribution in [1.82, 2.24) is 29.0 Å². The van der Waals surface area contributed by atoms with Crippen molar-refractivity contribution >= 4 is 27.6 Å². The van der Waals surface area contributed by atoms with Crippen LogP contribution >= 0.6 is 11.3 Å². The van der Waals surface area contributed by atoms with Gasteiger partial charge in [-0.2, -0.15) is 0 Å². The van der Waals surface area contributed by atoms with Gasteiger partial charge in [0, 0.05) is 44.6 Å². The van der Waals surface area contributed by atoms with Gasteiger partial charge >= 0.3 is 5.69 Å². The van der Waals surface area contributed by atoms with Crippen LogP contribution in [0.15, 0.2) is 15.0 Å². The number of aromatic nitrogens is 5. The average molecular weight is 446 g/mol. The second-order valence-corrected chi connectivity index (χ2v) is 8.93. The highest BCUT2D eigenvalue weighted by Gasteiger charge is 2.22. The molecule has 0 aromatic carbocycles.